The third kappa shape index (κ3) is 4.84. The Balaban J connectivity index is 1.27. The van der Waals surface area contributed by atoms with Crippen LogP contribution in [0.1, 0.15) is 23.6 Å². The van der Waals surface area contributed by atoms with Gasteiger partial charge in [-0.25, -0.2) is 0 Å². The molecule has 2 aliphatic heterocycles. The van der Waals surface area contributed by atoms with Gasteiger partial charge in [0, 0.05) is 5.41 Å². The summed E-state index contributed by atoms with van der Waals surface area (Å²) in [5.74, 6) is 0.852. The van der Waals surface area contributed by atoms with E-state index in [-0.39, 0.29) is 11.4 Å². The van der Waals surface area contributed by atoms with Gasteiger partial charge in [-0.05, 0) is 52.6 Å². The topological polar surface area (TPSA) is 75.0 Å². The molecule has 6 rings (SSSR count). The Kier molecular flexibility index (Phi) is 6.73. The molecular weight excluding hydrogens is 506 g/mol. The molecule has 7 heteroatoms. The van der Waals surface area contributed by atoms with Crippen molar-refractivity contribution in [1.29, 1.82) is 5.41 Å². The van der Waals surface area contributed by atoms with Gasteiger partial charge in [-0.1, -0.05) is 90.6 Å². The molecule has 192 valence electrons. The molecule has 0 saturated carbocycles. The molecule has 1 N–H and O–H groups in total. The van der Waals surface area contributed by atoms with Crippen molar-refractivity contribution in [1.82, 2.24) is 4.90 Å². The summed E-state index contributed by atoms with van der Waals surface area (Å²) in [6.45, 7) is 2.77. The number of rotatable bonds is 7. The number of ether oxygens (including phenoxy) is 2. The van der Waals surface area contributed by atoms with Crippen LogP contribution in [0, 0.1) is 5.41 Å². The maximum absolute atomic E-state index is 12.9. The Morgan fingerprint density at radius 3 is 2.56 bits per heavy atom. The summed E-state index contributed by atoms with van der Waals surface area (Å²) in [4.78, 5) is 18.9. The van der Waals surface area contributed by atoms with E-state index >= 15 is 0 Å². The number of benzene rings is 4. The predicted octanol–water partition coefficient (Wildman–Crippen LogP) is 7.12. The van der Waals surface area contributed by atoms with Gasteiger partial charge in [-0.2, -0.15) is 4.99 Å². The second-order valence-electron chi connectivity index (χ2n) is 8.99. The average Bonchev–Trinajstić information content (AvgIpc) is 3.39. The molecule has 4 aromatic carbocycles. The molecular formula is C32H25N3O3S. The van der Waals surface area contributed by atoms with Gasteiger partial charge in [0.15, 0.2) is 16.7 Å². The van der Waals surface area contributed by atoms with Gasteiger partial charge in [0.1, 0.15) is 12.4 Å². The molecule has 0 aromatic heterocycles. The van der Waals surface area contributed by atoms with E-state index < -0.39 is 5.91 Å². The van der Waals surface area contributed by atoms with E-state index in [0.717, 1.165) is 33.2 Å². The van der Waals surface area contributed by atoms with E-state index in [2.05, 4.69) is 29.3 Å². The molecule has 0 bridgehead atoms. The zero-order chi connectivity index (χ0) is 26.8. The van der Waals surface area contributed by atoms with Gasteiger partial charge >= 0.3 is 0 Å². The highest BCUT2D eigenvalue weighted by molar-refractivity contribution is 8.17. The van der Waals surface area contributed by atoms with Crippen LogP contribution in [0.5, 0.6) is 11.5 Å². The minimum atomic E-state index is -0.435. The number of fused-ring (bicyclic) bond motifs is 2. The number of amidine groups is 2. The Hall–Kier alpha value is -4.62. The first-order chi connectivity index (χ1) is 19.1. The fourth-order valence-corrected chi connectivity index (χ4v) is 5.55. The van der Waals surface area contributed by atoms with E-state index in [9.17, 15) is 4.79 Å². The SMILES string of the molecule is CCOc1cc(C=C2C(=N)N3C(c4ccccc4)=CSC3=NC2=O)ccc1OCc1cccc2ccccc12. The molecule has 0 aliphatic carbocycles. The highest BCUT2D eigenvalue weighted by Gasteiger charge is 2.36. The van der Waals surface area contributed by atoms with E-state index in [4.69, 9.17) is 14.9 Å². The second kappa shape index (κ2) is 10.6. The van der Waals surface area contributed by atoms with Crippen LogP contribution in [0.3, 0.4) is 0 Å². The summed E-state index contributed by atoms with van der Waals surface area (Å²) in [6, 6.07) is 29.7. The average molecular weight is 532 g/mol. The smallest absolute Gasteiger partial charge is 0.283 e. The molecule has 0 atom stereocenters. The van der Waals surface area contributed by atoms with Crippen molar-refractivity contribution in [2.45, 2.75) is 13.5 Å². The lowest BCUT2D eigenvalue weighted by atomic mass is 10.0. The first-order valence-electron chi connectivity index (χ1n) is 12.6. The Morgan fingerprint density at radius 1 is 0.923 bits per heavy atom. The van der Waals surface area contributed by atoms with Gasteiger partial charge < -0.3 is 9.47 Å². The van der Waals surface area contributed by atoms with Crippen LogP contribution >= 0.6 is 11.8 Å². The number of amides is 1. The standard InChI is InChI=1S/C32H25N3O3S/c1-2-37-29-18-21(15-16-28(29)38-19-24-13-8-12-22-9-6-7-14-25(22)24)17-26-30(33)35-27(23-10-4-3-5-11-23)20-39-32(35)34-31(26)36/h3-18,20,33H,2,19H2,1H3. The summed E-state index contributed by atoms with van der Waals surface area (Å²) < 4.78 is 12.1. The second-order valence-corrected chi connectivity index (χ2v) is 9.83. The molecule has 2 heterocycles. The first-order valence-corrected chi connectivity index (χ1v) is 13.5. The summed E-state index contributed by atoms with van der Waals surface area (Å²) in [5, 5.41) is 13.6. The molecule has 4 aromatic rings. The van der Waals surface area contributed by atoms with Crippen molar-refractivity contribution < 1.29 is 14.3 Å². The van der Waals surface area contributed by atoms with E-state index in [1.54, 1.807) is 11.0 Å². The zero-order valence-corrected chi connectivity index (χ0v) is 22.1. The number of hydrogen-bond donors (Lipinski definition) is 1. The van der Waals surface area contributed by atoms with Crippen molar-refractivity contribution in [3.05, 3.63) is 119 Å². The van der Waals surface area contributed by atoms with Crippen LogP contribution in [0.4, 0.5) is 0 Å². The Morgan fingerprint density at radius 2 is 1.72 bits per heavy atom. The Labute approximate surface area is 230 Å². The number of carbonyl (C=O) groups excluding carboxylic acids is 1. The third-order valence-electron chi connectivity index (χ3n) is 6.53. The maximum atomic E-state index is 12.9. The maximum Gasteiger partial charge on any atom is 0.283 e. The van der Waals surface area contributed by atoms with Crippen molar-refractivity contribution in [2.24, 2.45) is 4.99 Å². The zero-order valence-electron chi connectivity index (χ0n) is 21.3. The predicted molar refractivity (Wildman–Crippen MR) is 158 cm³/mol. The van der Waals surface area contributed by atoms with Gasteiger partial charge in [-0.15, -0.1) is 0 Å². The number of nitrogens with zero attached hydrogens (tertiary/aromatic N) is 2. The first kappa shape index (κ1) is 24.7. The van der Waals surface area contributed by atoms with Crippen molar-refractivity contribution in [2.75, 3.05) is 6.61 Å². The van der Waals surface area contributed by atoms with Crippen LogP contribution in [0.2, 0.25) is 0 Å². The molecule has 0 spiro atoms. The normalized spacial score (nSPS) is 15.8. The lowest BCUT2D eigenvalue weighted by Crippen LogP contribution is -2.38. The largest absolute Gasteiger partial charge is 0.490 e. The van der Waals surface area contributed by atoms with Gasteiger partial charge in [0.25, 0.3) is 5.91 Å². The summed E-state index contributed by atoms with van der Waals surface area (Å²) in [5.41, 5.74) is 3.81. The molecule has 0 fully saturated rings. The minimum Gasteiger partial charge on any atom is -0.490 e. The summed E-state index contributed by atoms with van der Waals surface area (Å²) in [7, 11) is 0. The highest BCUT2D eigenvalue weighted by Crippen LogP contribution is 2.38. The number of aliphatic imine (C=N–C) groups is 1. The van der Waals surface area contributed by atoms with Gasteiger partial charge in [0.05, 0.1) is 17.9 Å². The van der Waals surface area contributed by atoms with Crippen molar-refractivity contribution in [3.63, 3.8) is 0 Å². The fraction of sp³-hybridized carbons (Fsp3) is 0.0938. The summed E-state index contributed by atoms with van der Waals surface area (Å²) in [6.07, 6.45) is 1.69. The van der Waals surface area contributed by atoms with Crippen LogP contribution in [0.25, 0.3) is 22.5 Å². The van der Waals surface area contributed by atoms with Crippen molar-refractivity contribution in [3.8, 4) is 11.5 Å². The van der Waals surface area contributed by atoms with Crippen LogP contribution in [-0.2, 0) is 11.4 Å². The van der Waals surface area contributed by atoms with E-state index in [1.807, 2.05) is 79.1 Å². The highest BCUT2D eigenvalue weighted by atomic mass is 32.2. The van der Waals surface area contributed by atoms with Crippen LogP contribution < -0.4 is 9.47 Å². The number of carbonyl (C=O) groups is 1. The third-order valence-corrected chi connectivity index (χ3v) is 7.35. The number of nitrogens with one attached hydrogen (secondary N) is 1. The molecule has 39 heavy (non-hydrogen) atoms. The van der Waals surface area contributed by atoms with Crippen LogP contribution in [-0.4, -0.2) is 28.4 Å². The fourth-order valence-electron chi connectivity index (χ4n) is 4.66. The molecule has 0 unspecified atom stereocenters. The monoisotopic (exact) mass is 531 g/mol. The molecule has 0 radical (unpaired) electrons. The molecule has 1 amide bonds. The molecule has 0 saturated heterocycles. The number of hydrogen-bond acceptors (Lipinski definition) is 5. The molecule has 6 nitrogen and oxygen atoms in total. The van der Waals surface area contributed by atoms with E-state index in [0.29, 0.717) is 29.9 Å². The van der Waals surface area contributed by atoms with Crippen LogP contribution in [0.15, 0.2) is 107 Å². The van der Waals surface area contributed by atoms with E-state index in [1.165, 1.54) is 11.8 Å². The quantitative estimate of drug-likeness (QED) is 0.257. The van der Waals surface area contributed by atoms with Gasteiger partial charge in [0.2, 0.25) is 0 Å². The summed E-state index contributed by atoms with van der Waals surface area (Å²) >= 11 is 1.35. The van der Waals surface area contributed by atoms with Gasteiger partial charge in [-0.3, -0.25) is 15.1 Å². The number of thioether (sulfide) groups is 1. The lowest BCUT2D eigenvalue weighted by molar-refractivity contribution is -0.114. The Bertz CT molecular complexity index is 1690. The molecule has 2 aliphatic rings. The lowest BCUT2D eigenvalue weighted by Gasteiger charge is -2.27. The minimum absolute atomic E-state index is 0.0966. The van der Waals surface area contributed by atoms with Crippen molar-refractivity contribution >= 4 is 51.2 Å².